The van der Waals surface area contributed by atoms with Crippen LogP contribution in [0.4, 0.5) is 0 Å². The predicted molar refractivity (Wildman–Crippen MR) is 78.6 cm³/mol. The van der Waals surface area contributed by atoms with Crippen molar-refractivity contribution in [2.24, 2.45) is 0 Å². The van der Waals surface area contributed by atoms with Crippen LogP contribution in [-0.4, -0.2) is 49.4 Å². The first-order valence-electron chi connectivity index (χ1n) is 6.26. The summed E-state index contributed by atoms with van der Waals surface area (Å²) in [5.74, 6) is 0. The van der Waals surface area contributed by atoms with Gasteiger partial charge in [-0.25, -0.2) is 18.1 Å². The lowest BCUT2D eigenvalue weighted by Gasteiger charge is -2.14. The smallest absolute Gasteiger partial charge is 0.259 e. The molecular weight excluding hydrogens is 300 g/mol. The van der Waals surface area contributed by atoms with E-state index in [4.69, 9.17) is 11.6 Å². The van der Waals surface area contributed by atoms with E-state index in [1.165, 1.54) is 4.40 Å². The van der Waals surface area contributed by atoms with Crippen LogP contribution in [-0.2, 0) is 10.0 Å². The summed E-state index contributed by atoms with van der Waals surface area (Å²) >= 11 is 5.96. The summed E-state index contributed by atoms with van der Waals surface area (Å²) in [7, 11) is -1.76. The number of halogens is 1. The first-order chi connectivity index (χ1) is 9.45. The van der Waals surface area contributed by atoms with Crippen LogP contribution in [0.15, 0.2) is 29.4 Å². The van der Waals surface area contributed by atoms with Crippen molar-refractivity contribution >= 4 is 27.3 Å². The molecule has 0 aromatic carbocycles. The van der Waals surface area contributed by atoms with Crippen molar-refractivity contribution in [3.05, 3.63) is 29.5 Å². The van der Waals surface area contributed by atoms with Gasteiger partial charge in [0.2, 0.25) is 0 Å². The fourth-order valence-electron chi connectivity index (χ4n) is 1.78. The summed E-state index contributed by atoms with van der Waals surface area (Å²) in [4.78, 5) is 6.05. The fraction of sp³-hybridized carbons (Fsp3) is 0.417. The highest BCUT2D eigenvalue weighted by Crippen LogP contribution is 2.22. The Morgan fingerprint density at radius 2 is 2.20 bits per heavy atom. The van der Waals surface area contributed by atoms with Crippen molar-refractivity contribution in [3.8, 4) is 0 Å². The van der Waals surface area contributed by atoms with Gasteiger partial charge in [-0.2, -0.15) is 0 Å². The lowest BCUT2D eigenvalue weighted by atomic mass is 10.5. The van der Waals surface area contributed by atoms with E-state index in [2.05, 4.69) is 9.71 Å². The molecule has 0 amide bonds. The molecule has 0 saturated carbocycles. The van der Waals surface area contributed by atoms with Crippen LogP contribution >= 0.6 is 11.6 Å². The van der Waals surface area contributed by atoms with Crippen molar-refractivity contribution in [2.45, 2.75) is 11.9 Å². The number of likely N-dealkylation sites (N-methyl/N-ethyl adjacent to an activating group) is 1. The molecule has 2 aromatic heterocycles. The standard InChI is InChI=1S/C12H17ClN4O2S/c1-3-16(2)9-7-14-20(18,19)12-11(13)15-10-6-4-5-8-17(10)12/h4-6,8,14H,3,7,9H2,1-2H3. The summed E-state index contributed by atoms with van der Waals surface area (Å²) < 4.78 is 28.7. The normalized spacial score (nSPS) is 12.4. The Hall–Kier alpha value is -1.15. The van der Waals surface area contributed by atoms with Crippen molar-refractivity contribution < 1.29 is 8.42 Å². The second-order valence-electron chi connectivity index (χ2n) is 4.43. The third kappa shape index (κ3) is 3.12. The Morgan fingerprint density at radius 3 is 2.90 bits per heavy atom. The van der Waals surface area contributed by atoms with Crippen LogP contribution < -0.4 is 4.72 Å². The van der Waals surface area contributed by atoms with Crippen LogP contribution in [0.25, 0.3) is 5.65 Å². The molecule has 0 atom stereocenters. The Labute approximate surface area is 123 Å². The van der Waals surface area contributed by atoms with Crippen LogP contribution in [0.5, 0.6) is 0 Å². The number of fused-ring (bicyclic) bond motifs is 1. The molecule has 0 aliphatic heterocycles. The lowest BCUT2D eigenvalue weighted by Crippen LogP contribution is -2.33. The van der Waals surface area contributed by atoms with E-state index in [1.54, 1.807) is 24.4 Å². The van der Waals surface area contributed by atoms with Crippen molar-refractivity contribution in [2.75, 3.05) is 26.7 Å². The van der Waals surface area contributed by atoms with Gasteiger partial charge in [0, 0.05) is 19.3 Å². The van der Waals surface area contributed by atoms with E-state index in [0.717, 1.165) is 6.54 Å². The number of nitrogens with zero attached hydrogens (tertiary/aromatic N) is 3. The first kappa shape index (κ1) is 15.2. The molecule has 0 bridgehead atoms. The Kier molecular flexibility index (Phi) is 4.64. The molecule has 1 N–H and O–H groups in total. The Morgan fingerprint density at radius 1 is 1.45 bits per heavy atom. The summed E-state index contributed by atoms with van der Waals surface area (Å²) in [5, 5.41) is -0.0403. The summed E-state index contributed by atoms with van der Waals surface area (Å²) in [5.41, 5.74) is 0.503. The van der Waals surface area contributed by atoms with Gasteiger partial charge in [0.15, 0.2) is 10.2 Å². The molecule has 2 aromatic rings. The lowest BCUT2D eigenvalue weighted by molar-refractivity contribution is 0.358. The maximum Gasteiger partial charge on any atom is 0.259 e. The van der Waals surface area contributed by atoms with E-state index in [9.17, 15) is 8.42 Å². The zero-order valence-corrected chi connectivity index (χ0v) is 12.9. The molecule has 110 valence electrons. The van der Waals surface area contributed by atoms with Gasteiger partial charge in [0.05, 0.1) is 0 Å². The monoisotopic (exact) mass is 316 g/mol. The molecule has 0 radical (unpaired) electrons. The minimum Gasteiger partial charge on any atom is -0.305 e. The molecule has 0 fully saturated rings. The Balaban J connectivity index is 2.26. The third-order valence-electron chi connectivity index (χ3n) is 3.03. The molecule has 0 unspecified atom stereocenters. The van der Waals surface area contributed by atoms with Crippen LogP contribution in [0.3, 0.4) is 0 Å². The largest absolute Gasteiger partial charge is 0.305 e. The maximum absolute atomic E-state index is 12.3. The topological polar surface area (TPSA) is 66.7 Å². The number of imidazole rings is 1. The maximum atomic E-state index is 12.3. The zero-order valence-electron chi connectivity index (χ0n) is 11.4. The second kappa shape index (κ2) is 6.09. The number of pyridine rings is 1. The van der Waals surface area contributed by atoms with Gasteiger partial charge in [0.1, 0.15) is 5.65 Å². The number of nitrogens with one attached hydrogen (secondary N) is 1. The predicted octanol–water partition coefficient (Wildman–Crippen LogP) is 1.22. The number of rotatable bonds is 6. The molecule has 2 rings (SSSR count). The van der Waals surface area contributed by atoms with Gasteiger partial charge in [0.25, 0.3) is 10.0 Å². The summed E-state index contributed by atoms with van der Waals surface area (Å²) in [6.07, 6.45) is 1.63. The van der Waals surface area contributed by atoms with Crippen molar-refractivity contribution in [3.63, 3.8) is 0 Å². The molecule has 6 nitrogen and oxygen atoms in total. The second-order valence-corrected chi connectivity index (χ2v) is 6.47. The molecule has 20 heavy (non-hydrogen) atoms. The fourth-order valence-corrected chi connectivity index (χ4v) is 3.44. The molecule has 8 heteroatoms. The van der Waals surface area contributed by atoms with Crippen molar-refractivity contribution in [1.82, 2.24) is 19.0 Å². The zero-order chi connectivity index (χ0) is 14.8. The average Bonchev–Trinajstić information content (AvgIpc) is 2.74. The first-order valence-corrected chi connectivity index (χ1v) is 8.12. The van der Waals surface area contributed by atoms with Crippen LogP contribution in [0.2, 0.25) is 5.15 Å². The third-order valence-corrected chi connectivity index (χ3v) is 4.89. The van der Waals surface area contributed by atoms with Gasteiger partial charge in [-0.1, -0.05) is 24.6 Å². The van der Waals surface area contributed by atoms with Crippen molar-refractivity contribution in [1.29, 1.82) is 0 Å². The summed E-state index contributed by atoms with van der Waals surface area (Å²) in [6.45, 7) is 3.82. The number of hydrogen-bond acceptors (Lipinski definition) is 4. The molecule has 0 saturated heterocycles. The Bertz CT molecular complexity index is 699. The van der Waals surface area contributed by atoms with Gasteiger partial charge in [-0.3, -0.25) is 4.40 Å². The van der Waals surface area contributed by atoms with E-state index in [1.807, 2.05) is 18.9 Å². The molecular formula is C12H17ClN4O2S. The van der Waals surface area contributed by atoms with Crippen LogP contribution in [0.1, 0.15) is 6.92 Å². The minimum absolute atomic E-state index is 0.0195. The molecule has 2 heterocycles. The van der Waals surface area contributed by atoms with Crippen LogP contribution in [0, 0.1) is 0 Å². The van der Waals surface area contributed by atoms with Gasteiger partial charge in [-0.15, -0.1) is 0 Å². The highest BCUT2D eigenvalue weighted by molar-refractivity contribution is 7.89. The van der Waals surface area contributed by atoms with Gasteiger partial charge >= 0.3 is 0 Å². The van der Waals surface area contributed by atoms with E-state index in [-0.39, 0.29) is 10.2 Å². The SMILES string of the molecule is CCN(C)CCNS(=O)(=O)c1c(Cl)nc2ccccn12. The number of aromatic nitrogens is 2. The van der Waals surface area contributed by atoms with E-state index >= 15 is 0 Å². The average molecular weight is 317 g/mol. The molecule has 0 spiro atoms. The number of sulfonamides is 1. The van der Waals surface area contributed by atoms with E-state index < -0.39 is 10.0 Å². The quantitative estimate of drug-likeness (QED) is 0.870. The number of hydrogen-bond donors (Lipinski definition) is 1. The summed E-state index contributed by atoms with van der Waals surface area (Å²) in [6, 6.07) is 5.21. The highest BCUT2D eigenvalue weighted by atomic mass is 35.5. The molecule has 0 aliphatic rings. The van der Waals surface area contributed by atoms with Gasteiger partial charge < -0.3 is 4.90 Å². The van der Waals surface area contributed by atoms with E-state index in [0.29, 0.717) is 18.7 Å². The minimum atomic E-state index is -3.69. The van der Waals surface area contributed by atoms with Gasteiger partial charge in [-0.05, 0) is 25.7 Å². The molecule has 0 aliphatic carbocycles. The highest BCUT2D eigenvalue weighted by Gasteiger charge is 2.23.